The Labute approximate surface area is 207 Å². The van der Waals surface area contributed by atoms with Gasteiger partial charge in [0.15, 0.2) is 17.3 Å². The molecule has 8 nitrogen and oxygen atoms in total. The molecule has 0 aliphatic carbocycles. The maximum atomic E-state index is 12.8. The maximum Gasteiger partial charge on any atom is 0.283 e. The van der Waals surface area contributed by atoms with E-state index < -0.39 is 5.91 Å². The summed E-state index contributed by atoms with van der Waals surface area (Å²) in [6, 6.07) is 15.6. The molecular formula is C26H25N5O3S. The molecule has 0 bridgehead atoms. The number of ether oxygens (including phenoxy) is 2. The smallest absolute Gasteiger partial charge is 0.283 e. The molecule has 1 amide bonds. The fraction of sp³-hybridized carbons (Fsp3) is 0.231. The van der Waals surface area contributed by atoms with E-state index in [0.29, 0.717) is 17.5 Å². The Balaban J connectivity index is 1.37. The quantitative estimate of drug-likeness (QED) is 0.351. The van der Waals surface area contributed by atoms with Gasteiger partial charge in [-0.1, -0.05) is 37.3 Å². The number of carbonyl (C=O) groups is 1. The number of benzene rings is 2. The molecule has 5 rings (SSSR count). The number of nitrogens with one attached hydrogen (secondary N) is 1. The Morgan fingerprint density at radius 1 is 1.11 bits per heavy atom. The van der Waals surface area contributed by atoms with Crippen molar-refractivity contribution in [2.75, 3.05) is 13.7 Å². The number of hydrogen-bond donors (Lipinski definition) is 1. The van der Waals surface area contributed by atoms with Gasteiger partial charge in [-0.25, -0.2) is 0 Å². The molecule has 178 valence electrons. The minimum atomic E-state index is -0.414. The fourth-order valence-electron chi connectivity index (χ4n) is 4.06. The Bertz CT molecular complexity index is 1400. The molecule has 0 unspecified atom stereocenters. The van der Waals surface area contributed by atoms with Crippen LogP contribution in [-0.4, -0.2) is 45.2 Å². The zero-order chi connectivity index (χ0) is 24.4. The highest BCUT2D eigenvalue weighted by Gasteiger charge is 2.35. The second-order valence-corrected chi connectivity index (χ2v) is 9.06. The van der Waals surface area contributed by atoms with E-state index in [1.165, 1.54) is 16.8 Å². The predicted molar refractivity (Wildman–Crippen MR) is 140 cm³/mol. The van der Waals surface area contributed by atoms with E-state index in [1.807, 2.05) is 55.6 Å². The molecule has 0 radical (unpaired) electrons. The summed E-state index contributed by atoms with van der Waals surface area (Å²) in [5.74, 6) is 1.08. The van der Waals surface area contributed by atoms with Crippen LogP contribution in [0.3, 0.4) is 0 Å². The van der Waals surface area contributed by atoms with Crippen LogP contribution in [0.15, 0.2) is 70.4 Å². The molecule has 0 fully saturated rings. The van der Waals surface area contributed by atoms with Crippen molar-refractivity contribution >= 4 is 50.7 Å². The van der Waals surface area contributed by atoms with Gasteiger partial charge in [0.1, 0.15) is 5.04 Å². The summed E-state index contributed by atoms with van der Waals surface area (Å²) in [6.45, 7) is 3.26. The highest BCUT2D eigenvalue weighted by molar-refractivity contribution is 8.26. The number of amidine groups is 2. The van der Waals surface area contributed by atoms with Crippen molar-refractivity contribution in [3.05, 3.63) is 65.9 Å². The average molecular weight is 488 g/mol. The first-order valence-corrected chi connectivity index (χ1v) is 12.2. The first kappa shape index (κ1) is 22.9. The molecule has 0 saturated carbocycles. The van der Waals surface area contributed by atoms with Crippen molar-refractivity contribution in [2.24, 2.45) is 10.1 Å². The first-order valence-electron chi connectivity index (χ1n) is 11.4. The number of rotatable bonds is 8. The van der Waals surface area contributed by atoms with Gasteiger partial charge in [0.2, 0.25) is 5.17 Å². The molecule has 9 heteroatoms. The van der Waals surface area contributed by atoms with E-state index in [2.05, 4.69) is 20.7 Å². The third-order valence-corrected chi connectivity index (χ3v) is 6.84. The summed E-state index contributed by atoms with van der Waals surface area (Å²) in [6.07, 6.45) is 5.28. The lowest BCUT2D eigenvalue weighted by Crippen LogP contribution is -2.35. The summed E-state index contributed by atoms with van der Waals surface area (Å²) >= 11 is 1.34. The molecule has 2 aliphatic heterocycles. The molecule has 3 aromatic rings. The van der Waals surface area contributed by atoms with Crippen molar-refractivity contribution in [3.63, 3.8) is 0 Å². The lowest BCUT2D eigenvalue weighted by atomic mass is 10.1. The minimum Gasteiger partial charge on any atom is -0.493 e. The largest absolute Gasteiger partial charge is 0.493 e. The number of fused-ring (bicyclic) bond motifs is 2. The van der Waals surface area contributed by atoms with E-state index in [9.17, 15) is 4.79 Å². The van der Waals surface area contributed by atoms with E-state index >= 15 is 0 Å². The molecule has 0 saturated heterocycles. The number of aromatic nitrogens is 1. The summed E-state index contributed by atoms with van der Waals surface area (Å²) in [4.78, 5) is 16.9. The number of methoxy groups -OCH3 is 1. The Morgan fingerprint density at radius 3 is 2.69 bits per heavy atom. The topological polar surface area (TPSA) is 92.3 Å². The van der Waals surface area contributed by atoms with Gasteiger partial charge in [-0.2, -0.15) is 15.1 Å². The van der Waals surface area contributed by atoms with E-state index in [-0.39, 0.29) is 11.4 Å². The van der Waals surface area contributed by atoms with Gasteiger partial charge in [0.25, 0.3) is 5.91 Å². The number of carbonyl (C=O) groups excluding carboxylic acids is 1. The number of aliphatic imine (C=N–C) groups is 1. The summed E-state index contributed by atoms with van der Waals surface area (Å²) in [7, 11) is 1.63. The number of para-hydroxylation sites is 3. The molecule has 0 spiro atoms. The number of aryl methyl sites for hydroxylation is 1. The lowest BCUT2D eigenvalue weighted by Gasteiger charge is -2.20. The highest BCUT2D eigenvalue weighted by atomic mass is 32.2. The molecular weight excluding hydrogens is 462 g/mol. The van der Waals surface area contributed by atoms with Gasteiger partial charge >= 0.3 is 0 Å². The molecule has 2 aromatic carbocycles. The molecule has 2 aliphatic rings. The summed E-state index contributed by atoms with van der Waals surface area (Å²) < 4.78 is 13.4. The Kier molecular flexibility index (Phi) is 6.41. The van der Waals surface area contributed by atoms with Crippen LogP contribution in [0.2, 0.25) is 0 Å². The third-order valence-electron chi connectivity index (χ3n) is 5.79. The predicted octanol–water partition coefficient (Wildman–Crippen LogP) is 5.15. The van der Waals surface area contributed by atoms with Crippen molar-refractivity contribution in [2.45, 2.75) is 26.3 Å². The summed E-state index contributed by atoms with van der Waals surface area (Å²) in [5, 5.41) is 16.8. The van der Waals surface area contributed by atoms with Gasteiger partial charge in [-0.05, 0) is 48.9 Å². The van der Waals surface area contributed by atoms with Gasteiger partial charge in [-0.15, -0.1) is 0 Å². The highest BCUT2D eigenvalue weighted by Crippen LogP contribution is 2.31. The molecule has 0 atom stereocenters. The molecule has 1 N–H and O–H groups in total. The van der Waals surface area contributed by atoms with Gasteiger partial charge in [-0.3, -0.25) is 10.2 Å². The van der Waals surface area contributed by atoms with E-state index in [0.717, 1.165) is 46.6 Å². The van der Waals surface area contributed by atoms with Crippen LogP contribution in [0.4, 0.5) is 0 Å². The zero-order valence-corrected chi connectivity index (χ0v) is 20.3. The molecule has 3 heterocycles. The maximum absolute atomic E-state index is 12.8. The number of amides is 1. The van der Waals surface area contributed by atoms with E-state index in [1.54, 1.807) is 13.2 Å². The van der Waals surface area contributed by atoms with Gasteiger partial charge in [0.05, 0.1) is 19.3 Å². The Morgan fingerprint density at radius 2 is 1.89 bits per heavy atom. The second-order valence-electron chi connectivity index (χ2n) is 8.02. The normalized spacial score (nSPS) is 16.5. The average Bonchev–Trinajstić information content (AvgIpc) is 3.46. The van der Waals surface area contributed by atoms with Crippen molar-refractivity contribution in [1.82, 2.24) is 9.58 Å². The van der Waals surface area contributed by atoms with Crippen LogP contribution in [0, 0.1) is 5.41 Å². The molecule has 1 aromatic heterocycles. The minimum absolute atomic E-state index is 0.0537. The summed E-state index contributed by atoms with van der Waals surface area (Å²) in [5.41, 5.74) is 2.15. The standard InChI is InChI=1S/C26H25N5O3S/c1-3-23-29-31-24(27)19(25(32)28-26(31)35-23)15-17-16-30(20-10-5-4-9-18(17)20)13-8-14-34-22-12-7-6-11-21(22)33-2/h4-7,9-12,15-16,27H,3,8,13-14H2,1-2H3. The Hall–Kier alpha value is -3.85. The van der Waals surface area contributed by atoms with Crippen LogP contribution >= 0.6 is 11.8 Å². The number of nitrogens with zero attached hydrogens (tertiary/aromatic N) is 4. The SMILES string of the molecule is CCC1=NN2C(=N)C(=Cc3cn(CCCOc4ccccc4OC)c4ccccc34)C(=O)N=C2S1. The third kappa shape index (κ3) is 4.46. The van der Waals surface area contributed by atoms with Gasteiger partial charge in [0, 0.05) is 29.2 Å². The van der Waals surface area contributed by atoms with Crippen LogP contribution in [0.25, 0.3) is 17.0 Å². The number of hydrogen-bond acceptors (Lipinski definition) is 6. The molecule has 35 heavy (non-hydrogen) atoms. The number of hydrazone groups is 1. The van der Waals surface area contributed by atoms with Crippen LogP contribution < -0.4 is 9.47 Å². The van der Waals surface area contributed by atoms with Crippen molar-refractivity contribution < 1.29 is 14.3 Å². The second kappa shape index (κ2) is 9.79. The monoisotopic (exact) mass is 487 g/mol. The fourth-order valence-corrected chi connectivity index (χ4v) is 4.89. The van der Waals surface area contributed by atoms with Gasteiger partial charge < -0.3 is 14.0 Å². The van der Waals surface area contributed by atoms with Crippen LogP contribution in [0.1, 0.15) is 25.3 Å². The van der Waals surface area contributed by atoms with Crippen LogP contribution in [0.5, 0.6) is 11.5 Å². The lowest BCUT2D eigenvalue weighted by molar-refractivity contribution is -0.114. The van der Waals surface area contributed by atoms with E-state index in [4.69, 9.17) is 14.9 Å². The first-order chi connectivity index (χ1) is 17.1. The van der Waals surface area contributed by atoms with Crippen LogP contribution in [-0.2, 0) is 11.3 Å². The number of thioether (sulfide) groups is 1. The van der Waals surface area contributed by atoms with Crippen molar-refractivity contribution in [1.29, 1.82) is 5.41 Å². The zero-order valence-electron chi connectivity index (χ0n) is 19.5. The van der Waals surface area contributed by atoms with Crippen molar-refractivity contribution in [3.8, 4) is 11.5 Å².